The highest BCUT2D eigenvalue weighted by Crippen LogP contribution is 2.70. The second kappa shape index (κ2) is 6.70. The average molecular weight is 415 g/mol. The molecule has 6 aliphatic rings. The lowest BCUT2D eigenvalue weighted by Gasteiger charge is -2.61. The summed E-state index contributed by atoms with van der Waals surface area (Å²) in [7, 11) is 0. The van der Waals surface area contributed by atoms with E-state index in [0.29, 0.717) is 34.7 Å². The van der Waals surface area contributed by atoms with Crippen molar-refractivity contribution < 1.29 is 5.11 Å². The Morgan fingerprint density at radius 3 is 2.47 bits per heavy atom. The average Bonchev–Trinajstić information content (AvgIpc) is 3.15. The van der Waals surface area contributed by atoms with Crippen molar-refractivity contribution in [1.82, 2.24) is 4.90 Å². The molecule has 3 nitrogen and oxygen atoms in total. The van der Waals surface area contributed by atoms with Crippen LogP contribution in [0.2, 0.25) is 0 Å². The Bertz CT molecular complexity index is 696. The summed E-state index contributed by atoms with van der Waals surface area (Å²) in [6, 6.07) is 1.63. The summed E-state index contributed by atoms with van der Waals surface area (Å²) >= 11 is 0. The van der Waals surface area contributed by atoms with Crippen molar-refractivity contribution in [1.29, 1.82) is 0 Å². The maximum absolute atomic E-state index is 11.0. The lowest BCUT2D eigenvalue weighted by atomic mass is 9.44. The minimum atomic E-state index is -0.103. The van der Waals surface area contributed by atoms with E-state index in [2.05, 4.69) is 32.6 Å². The number of hydrogen-bond donors (Lipinski definition) is 2. The highest BCUT2D eigenvalue weighted by molar-refractivity contribution is 5.18. The summed E-state index contributed by atoms with van der Waals surface area (Å²) in [4.78, 5) is 2.82. The lowest BCUT2D eigenvalue weighted by Crippen LogP contribution is -2.55. The Morgan fingerprint density at radius 1 is 0.900 bits per heavy atom. The van der Waals surface area contributed by atoms with Gasteiger partial charge in [-0.3, -0.25) is 4.90 Å². The van der Waals surface area contributed by atoms with Crippen LogP contribution in [0.15, 0.2) is 0 Å². The highest BCUT2D eigenvalue weighted by atomic mass is 16.3. The molecule has 0 spiro atoms. The zero-order valence-electron chi connectivity index (χ0n) is 19.9. The Balaban J connectivity index is 1.30. The molecular weight excluding hydrogens is 368 g/mol. The molecule has 4 aliphatic carbocycles. The lowest BCUT2D eigenvalue weighted by molar-refractivity contribution is -0.118. The van der Waals surface area contributed by atoms with Crippen LogP contribution in [0, 0.1) is 52.3 Å². The van der Waals surface area contributed by atoms with Gasteiger partial charge in [-0.05, 0) is 110 Å². The van der Waals surface area contributed by atoms with E-state index in [-0.39, 0.29) is 6.10 Å². The largest absolute Gasteiger partial charge is 0.391 e. The highest BCUT2D eigenvalue weighted by Gasteiger charge is 2.67. The van der Waals surface area contributed by atoms with Crippen LogP contribution in [0.3, 0.4) is 0 Å². The first-order valence-corrected chi connectivity index (χ1v) is 13.4. The first-order chi connectivity index (χ1) is 14.2. The molecule has 2 heterocycles. The molecule has 3 heteroatoms. The quantitative estimate of drug-likeness (QED) is 0.605. The summed E-state index contributed by atoms with van der Waals surface area (Å²) in [6.07, 6.45) is 12.0. The molecule has 0 aromatic rings. The first kappa shape index (κ1) is 20.5. The molecule has 0 radical (unpaired) electrons. The van der Waals surface area contributed by atoms with Crippen molar-refractivity contribution in [2.75, 3.05) is 6.54 Å². The van der Waals surface area contributed by atoms with Crippen molar-refractivity contribution in [2.45, 2.75) is 110 Å². The van der Waals surface area contributed by atoms with Gasteiger partial charge in [0.05, 0.1) is 6.10 Å². The van der Waals surface area contributed by atoms with Crippen LogP contribution >= 0.6 is 0 Å². The van der Waals surface area contributed by atoms with Gasteiger partial charge in [-0.2, -0.15) is 0 Å². The van der Waals surface area contributed by atoms with Gasteiger partial charge in [0.2, 0.25) is 0 Å². The van der Waals surface area contributed by atoms with Crippen LogP contribution in [0.25, 0.3) is 0 Å². The van der Waals surface area contributed by atoms with Crippen LogP contribution in [0.4, 0.5) is 0 Å². The maximum Gasteiger partial charge on any atom is 0.0701 e. The predicted octanol–water partition coefficient (Wildman–Crippen LogP) is 4.67. The number of aliphatic hydroxyl groups excluding tert-OH is 1. The van der Waals surface area contributed by atoms with Gasteiger partial charge in [-0.1, -0.05) is 27.7 Å². The Hall–Kier alpha value is -0.120. The van der Waals surface area contributed by atoms with Gasteiger partial charge in [0.15, 0.2) is 0 Å². The molecule has 0 unspecified atom stereocenters. The number of piperidine rings is 1. The maximum atomic E-state index is 11.0. The number of hydrogen-bond acceptors (Lipinski definition) is 3. The van der Waals surface area contributed by atoms with E-state index >= 15 is 0 Å². The van der Waals surface area contributed by atoms with E-state index in [9.17, 15) is 5.11 Å². The van der Waals surface area contributed by atoms with E-state index in [1.54, 1.807) is 0 Å². The smallest absolute Gasteiger partial charge is 0.0701 e. The number of nitrogens with two attached hydrogens (primary N) is 1. The molecule has 4 saturated carbocycles. The van der Waals surface area contributed by atoms with Crippen LogP contribution in [0.1, 0.15) is 85.5 Å². The third-order valence-corrected chi connectivity index (χ3v) is 12.3. The molecule has 6 fully saturated rings. The van der Waals surface area contributed by atoms with Gasteiger partial charge in [-0.15, -0.1) is 0 Å². The second-order valence-corrected chi connectivity index (χ2v) is 13.5. The molecular formula is C27H46N2O. The van der Waals surface area contributed by atoms with Gasteiger partial charge >= 0.3 is 0 Å². The SMILES string of the molecule is C[C@H]1C[C@H](O)[C@@H]2[C@@H](C)[C@H]3[C@H](C[C@H]4[C@@H]5CC[C@H]6C[C@H](N)CC[C@]6(C)[C@H]5CC[C@]34C)N2C1. The molecule has 6 rings (SSSR count). The van der Waals surface area contributed by atoms with Crippen LogP contribution in [0.5, 0.6) is 0 Å². The van der Waals surface area contributed by atoms with E-state index in [0.717, 1.165) is 42.1 Å². The van der Waals surface area contributed by atoms with Crippen molar-refractivity contribution in [2.24, 2.45) is 58.0 Å². The molecule has 0 aromatic heterocycles. The van der Waals surface area contributed by atoms with Gasteiger partial charge in [0.25, 0.3) is 0 Å². The summed E-state index contributed by atoms with van der Waals surface area (Å²) in [5.74, 6) is 5.79. The van der Waals surface area contributed by atoms with E-state index in [1.807, 2.05) is 0 Å². The molecule has 0 aromatic carbocycles. The zero-order chi connectivity index (χ0) is 21.0. The normalized spacial score (nSPS) is 62.8. The predicted molar refractivity (Wildman–Crippen MR) is 122 cm³/mol. The third-order valence-electron chi connectivity index (χ3n) is 12.3. The van der Waals surface area contributed by atoms with Crippen LogP contribution in [-0.4, -0.2) is 40.8 Å². The third kappa shape index (κ3) is 2.55. The number of aliphatic hydroxyl groups is 1. The molecule has 3 N–H and O–H groups in total. The van der Waals surface area contributed by atoms with Crippen LogP contribution in [-0.2, 0) is 0 Å². The van der Waals surface area contributed by atoms with Gasteiger partial charge in [0.1, 0.15) is 0 Å². The van der Waals surface area contributed by atoms with Crippen molar-refractivity contribution in [3.63, 3.8) is 0 Å². The van der Waals surface area contributed by atoms with Gasteiger partial charge < -0.3 is 10.8 Å². The van der Waals surface area contributed by atoms with Gasteiger partial charge in [0, 0.05) is 24.7 Å². The van der Waals surface area contributed by atoms with Gasteiger partial charge in [-0.25, -0.2) is 0 Å². The van der Waals surface area contributed by atoms with E-state index < -0.39 is 0 Å². The van der Waals surface area contributed by atoms with E-state index in [1.165, 1.54) is 57.9 Å². The minimum Gasteiger partial charge on any atom is -0.391 e. The fourth-order valence-electron chi connectivity index (χ4n) is 11.2. The van der Waals surface area contributed by atoms with Crippen molar-refractivity contribution in [3.05, 3.63) is 0 Å². The number of rotatable bonds is 0. The summed E-state index contributed by atoms with van der Waals surface area (Å²) in [5.41, 5.74) is 7.47. The molecule has 2 aliphatic heterocycles. The fourth-order valence-corrected chi connectivity index (χ4v) is 11.2. The molecule has 13 atom stereocenters. The zero-order valence-corrected chi connectivity index (χ0v) is 19.9. The minimum absolute atomic E-state index is 0.103. The van der Waals surface area contributed by atoms with Crippen LogP contribution < -0.4 is 5.73 Å². The van der Waals surface area contributed by atoms with Crippen molar-refractivity contribution >= 4 is 0 Å². The molecule has 0 amide bonds. The van der Waals surface area contributed by atoms with E-state index in [4.69, 9.17) is 5.73 Å². The monoisotopic (exact) mass is 414 g/mol. The number of nitrogens with zero attached hydrogens (tertiary/aromatic N) is 1. The first-order valence-electron chi connectivity index (χ1n) is 13.4. The Labute approximate surface area is 184 Å². The summed E-state index contributed by atoms with van der Waals surface area (Å²) < 4.78 is 0. The standard InChI is InChI=1S/C27H46N2O/c1-15-11-23(30)25-16(2)24-22(29(25)14-15)13-21-19-6-5-17-12-18(28)7-9-26(17,3)20(19)8-10-27(21,24)4/h15-25,30H,5-14,28H2,1-4H3/t15-,16-,17-,18+,19+,20-,21-,22-,23-,24-,25-,26-,27-/m0/s1. The number of fused-ring (bicyclic) bond motifs is 9. The summed E-state index contributed by atoms with van der Waals surface area (Å²) in [5, 5.41) is 11.0. The molecule has 0 bridgehead atoms. The van der Waals surface area contributed by atoms with Crippen molar-refractivity contribution in [3.8, 4) is 0 Å². The Morgan fingerprint density at radius 2 is 1.67 bits per heavy atom. The second-order valence-electron chi connectivity index (χ2n) is 13.5. The Kier molecular flexibility index (Phi) is 4.58. The molecule has 30 heavy (non-hydrogen) atoms. The molecule has 170 valence electrons. The topological polar surface area (TPSA) is 49.5 Å². The molecule has 2 saturated heterocycles. The fraction of sp³-hybridized carbons (Fsp3) is 1.00. The summed E-state index contributed by atoms with van der Waals surface area (Å²) in [6.45, 7) is 11.4.